The van der Waals surface area contributed by atoms with Crippen molar-refractivity contribution in [3.05, 3.63) is 48.0 Å². The highest BCUT2D eigenvalue weighted by atomic mass is 79.9. The van der Waals surface area contributed by atoms with Gasteiger partial charge in [0.25, 0.3) is 0 Å². The Hall–Kier alpha value is -0.360. The quantitative estimate of drug-likeness (QED) is 0.590. The van der Waals surface area contributed by atoms with E-state index in [0.29, 0.717) is 21.2 Å². The third-order valence-corrected chi connectivity index (χ3v) is 5.71. The summed E-state index contributed by atoms with van der Waals surface area (Å²) in [5, 5.41) is 0.394. The largest absolute Gasteiger partial charge is 0.398 e. The molecule has 2 nitrogen and oxygen atoms in total. The molecule has 0 spiro atoms. The van der Waals surface area contributed by atoms with Gasteiger partial charge < -0.3 is 5.73 Å². The predicted octanol–water partition coefficient (Wildman–Crippen LogP) is 4.74. The summed E-state index contributed by atoms with van der Waals surface area (Å²) in [4.78, 5) is 12.8. The van der Waals surface area contributed by atoms with Crippen LogP contribution < -0.4 is 5.73 Å². The lowest BCUT2D eigenvalue weighted by molar-refractivity contribution is 0.104. The van der Waals surface area contributed by atoms with Crippen molar-refractivity contribution in [1.29, 1.82) is 0 Å². The molecular formula is C11H6Br2ClNOS. The van der Waals surface area contributed by atoms with Gasteiger partial charge in [-0.3, -0.25) is 4.79 Å². The summed E-state index contributed by atoms with van der Waals surface area (Å²) in [5.41, 5.74) is 6.60. The van der Waals surface area contributed by atoms with E-state index >= 15 is 0 Å². The summed E-state index contributed by atoms with van der Waals surface area (Å²) in [5.74, 6) is -0.0664. The minimum atomic E-state index is -0.0664. The molecule has 0 saturated heterocycles. The Bertz CT molecular complexity index is 578. The van der Waals surface area contributed by atoms with E-state index in [1.165, 1.54) is 11.3 Å². The molecule has 0 aliphatic rings. The zero-order valence-electron chi connectivity index (χ0n) is 8.34. The lowest BCUT2D eigenvalue weighted by Crippen LogP contribution is -1.99. The van der Waals surface area contributed by atoms with Crippen LogP contribution in [0.25, 0.3) is 0 Å². The van der Waals surface area contributed by atoms with Crippen molar-refractivity contribution in [1.82, 2.24) is 0 Å². The summed E-state index contributed by atoms with van der Waals surface area (Å²) < 4.78 is 1.76. The van der Waals surface area contributed by atoms with E-state index in [1.54, 1.807) is 24.3 Å². The second-order valence-corrected chi connectivity index (χ2v) is 6.93. The van der Waals surface area contributed by atoms with E-state index in [2.05, 4.69) is 31.9 Å². The number of anilines is 1. The minimum Gasteiger partial charge on any atom is -0.398 e. The summed E-state index contributed by atoms with van der Waals surface area (Å²) in [7, 11) is 0. The number of nitrogen functional groups attached to an aromatic ring is 1. The maximum atomic E-state index is 12.1. The molecule has 1 aromatic heterocycles. The first kappa shape index (κ1) is 13.1. The molecule has 0 bridgehead atoms. The van der Waals surface area contributed by atoms with Gasteiger partial charge in [-0.15, -0.1) is 11.3 Å². The van der Waals surface area contributed by atoms with Crippen LogP contribution >= 0.6 is 54.8 Å². The average molecular weight is 396 g/mol. The number of nitrogens with two attached hydrogens (primary N) is 1. The first-order chi connectivity index (χ1) is 7.99. The zero-order valence-corrected chi connectivity index (χ0v) is 13.1. The topological polar surface area (TPSA) is 43.1 Å². The van der Waals surface area contributed by atoms with Crippen LogP contribution in [0.1, 0.15) is 15.2 Å². The number of carbonyl (C=O) groups excluding carboxylic acids is 1. The van der Waals surface area contributed by atoms with Crippen LogP contribution in [0.5, 0.6) is 0 Å². The van der Waals surface area contributed by atoms with Gasteiger partial charge in [-0.2, -0.15) is 0 Å². The standard InChI is InChI=1S/C11H6Br2ClNOS/c12-6-4-9(17-11(6)13)10(16)5-1-2-8(15)7(14)3-5/h1-4H,15H2. The smallest absolute Gasteiger partial charge is 0.203 e. The molecule has 0 amide bonds. The van der Waals surface area contributed by atoms with E-state index in [0.717, 1.165) is 8.26 Å². The Morgan fingerprint density at radius 3 is 2.53 bits per heavy atom. The number of ketones is 1. The van der Waals surface area contributed by atoms with Crippen molar-refractivity contribution in [3.8, 4) is 0 Å². The Balaban J connectivity index is 2.40. The number of halogens is 3. The summed E-state index contributed by atoms with van der Waals surface area (Å²) in [6.07, 6.45) is 0. The monoisotopic (exact) mass is 393 g/mol. The number of hydrogen-bond acceptors (Lipinski definition) is 3. The number of rotatable bonds is 2. The van der Waals surface area contributed by atoms with Crippen LogP contribution in [0.2, 0.25) is 5.02 Å². The molecule has 0 unspecified atom stereocenters. The Morgan fingerprint density at radius 2 is 2.00 bits per heavy atom. The maximum Gasteiger partial charge on any atom is 0.203 e. The summed E-state index contributed by atoms with van der Waals surface area (Å²) >= 11 is 14.0. The van der Waals surface area contributed by atoms with Crippen molar-refractivity contribution in [2.75, 3.05) is 5.73 Å². The van der Waals surface area contributed by atoms with E-state index in [-0.39, 0.29) is 5.78 Å². The first-order valence-electron chi connectivity index (χ1n) is 4.53. The zero-order chi connectivity index (χ0) is 12.6. The van der Waals surface area contributed by atoms with Crippen molar-refractivity contribution in [3.63, 3.8) is 0 Å². The molecular weight excluding hydrogens is 389 g/mol. The lowest BCUT2D eigenvalue weighted by Gasteiger charge is -2.01. The molecule has 1 aromatic carbocycles. The highest BCUT2D eigenvalue weighted by Gasteiger charge is 2.14. The van der Waals surface area contributed by atoms with Crippen LogP contribution in [0.15, 0.2) is 32.5 Å². The number of benzene rings is 1. The Kier molecular flexibility index (Phi) is 3.92. The van der Waals surface area contributed by atoms with Crippen molar-refractivity contribution in [2.24, 2.45) is 0 Å². The van der Waals surface area contributed by atoms with Crippen molar-refractivity contribution in [2.45, 2.75) is 0 Å². The molecule has 0 radical (unpaired) electrons. The molecule has 0 atom stereocenters. The predicted molar refractivity (Wildman–Crippen MR) is 79.0 cm³/mol. The first-order valence-corrected chi connectivity index (χ1v) is 7.31. The van der Waals surface area contributed by atoms with E-state index in [4.69, 9.17) is 17.3 Å². The molecule has 1 heterocycles. The Labute approximate surface area is 124 Å². The second-order valence-electron chi connectivity index (χ2n) is 3.30. The highest BCUT2D eigenvalue weighted by Crippen LogP contribution is 2.34. The molecule has 6 heteroatoms. The maximum absolute atomic E-state index is 12.1. The third-order valence-electron chi connectivity index (χ3n) is 2.13. The molecule has 0 aliphatic heterocycles. The molecule has 0 fully saturated rings. The lowest BCUT2D eigenvalue weighted by atomic mass is 10.1. The molecule has 88 valence electrons. The Morgan fingerprint density at radius 1 is 1.29 bits per heavy atom. The minimum absolute atomic E-state index is 0.0664. The molecule has 0 saturated carbocycles. The summed E-state index contributed by atoms with van der Waals surface area (Å²) in [6.45, 7) is 0. The second kappa shape index (κ2) is 5.10. The van der Waals surface area contributed by atoms with Crippen molar-refractivity contribution >= 4 is 66.3 Å². The van der Waals surface area contributed by atoms with Crippen LogP contribution in [-0.4, -0.2) is 5.78 Å². The van der Waals surface area contributed by atoms with Gasteiger partial charge in [0, 0.05) is 10.0 Å². The van der Waals surface area contributed by atoms with Crippen LogP contribution in [0.4, 0.5) is 5.69 Å². The van der Waals surface area contributed by atoms with Gasteiger partial charge in [0.05, 0.1) is 19.4 Å². The fourth-order valence-electron chi connectivity index (χ4n) is 1.27. The van der Waals surface area contributed by atoms with Crippen LogP contribution in [0.3, 0.4) is 0 Å². The SMILES string of the molecule is Nc1ccc(C(=O)c2cc(Br)c(Br)s2)cc1Cl. The van der Waals surface area contributed by atoms with Crippen LogP contribution in [0, 0.1) is 0 Å². The third kappa shape index (κ3) is 2.73. The molecule has 2 N–H and O–H groups in total. The van der Waals surface area contributed by atoms with E-state index in [1.807, 2.05) is 0 Å². The summed E-state index contributed by atoms with van der Waals surface area (Å²) in [6, 6.07) is 6.67. The van der Waals surface area contributed by atoms with Gasteiger partial charge in [0.15, 0.2) is 0 Å². The molecule has 2 rings (SSSR count). The highest BCUT2D eigenvalue weighted by molar-refractivity contribution is 9.13. The molecule has 17 heavy (non-hydrogen) atoms. The number of carbonyl (C=O) groups is 1. The van der Waals surface area contributed by atoms with E-state index in [9.17, 15) is 4.79 Å². The van der Waals surface area contributed by atoms with Gasteiger partial charge in [-0.25, -0.2) is 0 Å². The van der Waals surface area contributed by atoms with E-state index < -0.39 is 0 Å². The molecule has 2 aromatic rings. The van der Waals surface area contributed by atoms with Gasteiger partial charge >= 0.3 is 0 Å². The fourth-order valence-corrected chi connectivity index (χ4v) is 3.45. The van der Waals surface area contributed by atoms with Crippen molar-refractivity contribution < 1.29 is 4.79 Å². The number of thiophene rings is 1. The average Bonchev–Trinajstić information content (AvgIpc) is 2.62. The number of hydrogen-bond donors (Lipinski definition) is 1. The fraction of sp³-hybridized carbons (Fsp3) is 0. The van der Waals surface area contributed by atoms with Gasteiger partial charge in [0.2, 0.25) is 5.78 Å². The normalized spacial score (nSPS) is 10.5. The molecule has 0 aliphatic carbocycles. The van der Waals surface area contributed by atoms with Gasteiger partial charge in [0.1, 0.15) is 0 Å². The van der Waals surface area contributed by atoms with Crippen LogP contribution in [-0.2, 0) is 0 Å². The van der Waals surface area contributed by atoms with Gasteiger partial charge in [-0.1, -0.05) is 11.6 Å². The van der Waals surface area contributed by atoms with Gasteiger partial charge in [-0.05, 0) is 56.1 Å².